The highest BCUT2D eigenvalue weighted by Crippen LogP contribution is 2.12. The van der Waals surface area contributed by atoms with Gasteiger partial charge in [0.2, 0.25) is 5.91 Å². The van der Waals surface area contributed by atoms with Crippen LogP contribution in [0.4, 0.5) is 0 Å². The van der Waals surface area contributed by atoms with Gasteiger partial charge in [0, 0.05) is 33.2 Å². The molecule has 0 radical (unpaired) electrons. The summed E-state index contributed by atoms with van der Waals surface area (Å²) in [6.07, 6.45) is 0.953. The predicted octanol–water partition coefficient (Wildman–Crippen LogP) is 2.73. The standard InChI is InChI=1S/C25H37N5O2/c1-20(30(4)19-22-9-7-6-8-10-22)15-16-26-25(28-18-24(31)29(2)3)27-17-21-11-13-23(32-5)14-12-21/h6-14,20H,15-19H2,1-5H3,(H2,26,27,28). The van der Waals surface area contributed by atoms with Crippen molar-refractivity contribution in [2.75, 3.05) is 41.3 Å². The van der Waals surface area contributed by atoms with Crippen LogP contribution in [0.1, 0.15) is 24.5 Å². The Bertz CT molecular complexity index is 837. The number of carbonyl (C=O) groups is 1. The Balaban J connectivity index is 1.90. The zero-order chi connectivity index (χ0) is 23.3. The van der Waals surface area contributed by atoms with E-state index in [0.29, 0.717) is 18.5 Å². The lowest BCUT2D eigenvalue weighted by molar-refractivity contribution is -0.127. The molecule has 0 aliphatic rings. The maximum atomic E-state index is 12.0. The third-order valence-electron chi connectivity index (χ3n) is 5.37. The van der Waals surface area contributed by atoms with E-state index in [1.807, 2.05) is 30.3 Å². The molecule has 0 spiro atoms. The molecule has 0 aliphatic heterocycles. The lowest BCUT2D eigenvalue weighted by Crippen LogP contribution is -2.44. The Morgan fingerprint density at radius 1 is 1.00 bits per heavy atom. The summed E-state index contributed by atoms with van der Waals surface area (Å²) < 4.78 is 5.21. The molecule has 7 nitrogen and oxygen atoms in total. The lowest BCUT2D eigenvalue weighted by atomic mass is 10.1. The van der Waals surface area contributed by atoms with Gasteiger partial charge in [0.15, 0.2) is 5.96 Å². The lowest BCUT2D eigenvalue weighted by Gasteiger charge is -2.25. The van der Waals surface area contributed by atoms with Crippen LogP contribution in [0.3, 0.4) is 0 Å². The fourth-order valence-corrected chi connectivity index (χ4v) is 3.04. The topological polar surface area (TPSA) is 69.2 Å². The van der Waals surface area contributed by atoms with Gasteiger partial charge in [-0.1, -0.05) is 42.5 Å². The Kier molecular flexibility index (Phi) is 10.5. The molecule has 0 aromatic heterocycles. The average Bonchev–Trinajstić information content (AvgIpc) is 2.80. The van der Waals surface area contributed by atoms with Crippen LogP contribution in [0.25, 0.3) is 0 Å². The minimum atomic E-state index is -0.0000834. The summed E-state index contributed by atoms with van der Waals surface area (Å²) in [5.74, 6) is 1.45. The van der Waals surface area contributed by atoms with E-state index in [9.17, 15) is 4.79 Å². The van der Waals surface area contributed by atoms with Gasteiger partial charge in [0.25, 0.3) is 0 Å². The SMILES string of the molecule is COc1ccc(CN=C(NCCC(C)N(C)Cc2ccccc2)NCC(=O)N(C)C)cc1. The molecule has 2 aromatic carbocycles. The summed E-state index contributed by atoms with van der Waals surface area (Å²) in [5.41, 5.74) is 2.38. The highest BCUT2D eigenvalue weighted by molar-refractivity contribution is 5.86. The number of amides is 1. The molecule has 174 valence electrons. The first-order chi connectivity index (χ1) is 15.4. The first-order valence-electron chi connectivity index (χ1n) is 11.0. The quantitative estimate of drug-likeness (QED) is 0.416. The van der Waals surface area contributed by atoms with Gasteiger partial charge in [-0.25, -0.2) is 4.99 Å². The Morgan fingerprint density at radius 3 is 2.31 bits per heavy atom. The van der Waals surface area contributed by atoms with Crippen molar-refractivity contribution in [1.82, 2.24) is 20.4 Å². The van der Waals surface area contributed by atoms with Crippen molar-refractivity contribution in [3.05, 3.63) is 65.7 Å². The smallest absolute Gasteiger partial charge is 0.241 e. The number of likely N-dealkylation sites (N-methyl/N-ethyl adjacent to an activating group) is 1. The van der Waals surface area contributed by atoms with E-state index >= 15 is 0 Å². The highest BCUT2D eigenvalue weighted by atomic mass is 16.5. The summed E-state index contributed by atoms with van der Waals surface area (Å²) in [6.45, 7) is 4.60. The summed E-state index contributed by atoms with van der Waals surface area (Å²) in [6, 6.07) is 18.7. The summed E-state index contributed by atoms with van der Waals surface area (Å²) in [5, 5.41) is 6.52. The maximum Gasteiger partial charge on any atom is 0.241 e. The second kappa shape index (κ2) is 13.4. The number of guanidine groups is 1. The number of benzene rings is 2. The number of nitrogens with zero attached hydrogens (tertiary/aromatic N) is 3. The van der Waals surface area contributed by atoms with Gasteiger partial charge in [0.1, 0.15) is 5.75 Å². The number of hydrogen-bond donors (Lipinski definition) is 2. The molecule has 1 amide bonds. The average molecular weight is 440 g/mol. The Hall–Kier alpha value is -3.06. The predicted molar refractivity (Wildman–Crippen MR) is 131 cm³/mol. The van der Waals surface area contributed by atoms with Gasteiger partial charge in [-0.05, 0) is 43.7 Å². The van der Waals surface area contributed by atoms with Gasteiger partial charge in [-0.3, -0.25) is 9.69 Å². The fraction of sp³-hybridized carbons (Fsp3) is 0.440. The van der Waals surface area contributed by atoms with Crippen LogP contribution in [0.2, 0.25) is 0 Å². The van der Waals surface area contributed by atoms with E-state index in [-0.39, 0.29) is 12.5 Å². The van der Waals surface area contributed by atoms with Crippen LogP contribution in [0.5, 0.6) is 5.75 Å². The van der Waals surface area contributed by atoms with Crippen molar-refractivity contribution in [3.63, 3.8) is 0 Å². The van der Waals surface area contributed by atoms with E-state index in [1.165, 1.54) is 5.56 Å². The zero-order valence-electron chi connectivity index (χ0n) is 20.0. The van der Waals surface area contributed by atoms with Gasteiger partial charge < -0.3 is 20.3 Å². The molecule has 0 bridgehead atoms. The number of hydrogen-bond acceptors (Lipinski definition) is 4. The molecule has 0 fully saturated rings. The molecule has 2 aromatic rings. The van der Waals surface area contributed by atoms with Gasteiger partial charge >= 0.3 is 0 Å². The minimum Gasteiger partial charge on any atom is -0.497 e. The molecular weight excluding hydrogens is 402 g/mol. The number of nitrogens with one attached hydrogen (secondary N) is 2. The van der Waals surface area contributed by atoms with Crippen LogP contribution in [-0.4, -0.2) is 69.1 Å². The molecule has 2 N–H and O–H groups in total. The van der Waals surface area contributed by atoms with Crippen LogP contribution < -0.4 is 15.4 Å². The van der Waals surface area contributed by atoms with Crippen molar-refractivity contribution in [2.45, 2.75) is 32.5 Å². The zero-order valence-corrected chi connectivity index (χ0v) is 20.0. The van der Waals surface area contributed by atoms with E-state index in [4.69, 9.17) is 4.74 Å². The third-order valence-corrected chi connectivity index (χ3v) is 5.37. The normalized spacial score (nSPS) is 12.4. The molecule has 1 atom stereocenters. The minimum absolute atomic E-state index is 0.0000834. The number of carbonyl (C=O) groups excluding carboxylic acids is 1. The molecular formula is C25H37N5O2. The maximum absolute atomic E-state index is 12.0. The summed E-state index contributed by atoms with van der Waals surface area (Å²) in [4.78, 5) is 20.6. The first-order valence-corrected chi connectivity index (χ1v) is 11.0. The molecule has 7 heteroatoms. The van der Waals surface area contributed by atoms with E-state index in [1.54, 1.807) is 26.1 Å². The van der Waals surface area contributed by atoms with Crippen molar-refractivity contribution in [2.24, 2.45) is 4.99 Å². The van der Waals surface area contributed by atoms with Crippen LogP contribution in [0, 0.1) is 0 Å². The van der Waals surface area contributed by atoms with Crippen molar-refractivity contribution >= 4 is 11.9 Å². The first kappa shape index (κ1) is 25.2. The Morgan fingerprint density at radius 2 is 1.69 bits per heavy atom. The number of ether oxygens (including phenoxy) is 1. The third kappa shape index (κ3) is 8.98. The van der Waals surface area contributed by atoms with Crippen molar-refractivity contribution < 1.29 is 9.53 Å². The van der Waals surface area contributed by atoms with Crippen molar-refractivity contribution in [1.29, 1.82) is 0 Å². The van der Waals surface area contributed by atoms with E-state index in [0.717, 1.165) is 30.8 Å². The summed E-state index contributed by atoms with van der Waals surface area (Å²) in [7, 11) is 7.29. The second-order valence-corrected chi connectivity index (χ2v) is 8.12. The molecule has 0 aliphatic carbocycles. The summed E-state index contributed by atoms with van der Waals surface area (Å²) >= 11 is 0. The van der Waals surface area contributed by atoms with E-state index < -0.39 is 0 Å². The van der Waals surface area contributed by atoms with Crippen molar-refractivity contribution in [3.8, 4) is 5.75 Å². The largest absolute Gasteiger partial charge is 0.497 e. The van der Waals surface area contributed by atoms with Gasteiger partial charge in [-0.15, -0.1) is 0 Å². The fourth-order valence-electron chi connectivity index (χ4n) is 3.04. The van der Waals surface area contributed by atoms with Gasteiger partial charge in [-0.2, -0.15) is 0 Å². The molecule has 0 saturated heterocycles. The molecule has 0 saturated carbocycles. The molecule has 0 heterocycles. The number of aliphatic imine (C=N–C) groups is 1. The highest BCUT2D eigenvalue weighted by Gasteiger charge is 2.11. The van der Waals surface area contributed by atoms with Crippen LogP contribution in [-0.2, 0) is 17.9 Å². The van der Waals surface area contributed by atoms with Crippen LogP contribution >= 0.6 is 0 Å². The number of rotatable bonds is 11. The molecule has 32 heavy (non-hydrogen) atoms. The van der Waals surface area contributed by atoms with Gasteiger partial charge in [0.05, 0.1) is 20.2 Å². The molecule has 1 unspecified atom stereocenters. The Labute approximate surface area is 192 Å². The monoisotopic (exact) mass is 439 g/mol. The van der Waals surface area contributed by atoms with E-state index in [2.05, 4.69) is 58.8 Å². The molecule has 2 rings (SSSR count). The second-order valence-electron chi connectivity index (χ2n) is 8.12. The number of methoxy groups -OCH3 is 1. The van der Waals surface area contributed by atoms with Crippen LogP contribution in [0.15, 0.2) is 59.6 Å².